The van der Waals surface area contributed by atoms with E-state index in [0.29, 0.717) is 11.3 Å². The molecule has 1 aromatic carbocycles. The van der Waals surface area contributed by atoms with Crippen LogP contribution in [-0.2, 0) is 0 Å². The number of rotatable bonds is 2. The van der Waals surface area contributed by atoms with Gasteiger partial charge in [0.05, 0.1) is 6.54 Å². The molecule has 0 fully saturated rings. The summed E-state index contributed by atoms with van der Waals surface area (Å²) in [5, 5.41) is 0. The number of carbonyl (C=O) groups excluding carboxylic acids is 1. The number of anilines is 1. The van der Waals surface area contributed by atoms with E-state index in [9.17, 15) is 4.79 Å². The zero-order chi connectivity index (χ0) is 8.27. The summed E-state index contributed by atoms with van der Waals surface area (Å²) in [7, 11) is 0. The lowest BCUT2D eigenvalue weighted by Gasteiger charge is -2.00. The zero-order valence-electron chi connectivity index (χ0n) is 6.49. The lowest BCUT2D eigenvalue weighted by Crippen LogP contribution is -2.14. The van der Waals surface area contributed by atoms with Crippen LogP contribution in [0.4, 0.5) is 5.69 Å². The average Bonchev–Trinajstić information content (AvgIpc) is 2.04. The monoisotopic (exact) mass is 186 g/mol. The van der Waals surface area contributed by atoms with Crippen molar-refractivity contribution in [1.29, 1.82) is 0 Å². The van der Waals surface area contributed by atoms with E-state index in [1.54, 1.807) is 24.3 Å². The first-order valence-electron chi connectivity index (χ1n) is 3.33. The van der Waals surface area contributed by atoms with Crippen molar-refractivity contribution in [3.63, 3.8) is 0 Å². The third-order valence-corrected chi connectivity index (χ3v) is 1.45. The number of nitrogen functional groups attached to an aromatic ring is 1. The molecule has 0 spiro atoms. The van der Waals surface area contributed by atoms with E-state index in [-0.39, 0.29) is 24.7 Å². The molecular weight excluding hydrogens is 176 g/mol. The summed E-state index contributed by atoms with van der Waals surface area (Å²) in [6, 6.07) is 6.90. The SMILES string of the molecule is Cl.NCC(=O)c1ccccc1N. The van der Waals surface area contributed by atoms with Crippen LogP contribution in [0.2, 0.25) is 0 Å². The molecule has 0 saturated carbocycles. The molecule has 0 atom stereocenters. The van der Waals surface area contributed by atoms with Crippen LogP contribution >= 0.6 is 12.4 Å². The summed E-state index contributed by atoms with van der Waals surface area (Å²) in [5.74, 6) is -0.122. The molecule has 0 aliphatic heterocycles. The zero-order valence-corrected chi connectivity index (χ0v) is 7.30. The molecule has 12 heavy (non-hydrogen) atoms. The van der Waals surface area contributed by atoms with Gasteiger partial charge in [-0.25, -0.2) is 0 Å². The Kier molecular flexibility index (Phi) is 4.33. The van der Waals surface area contributed by atoms with Crippen molar-refractivity contribution in [2.45, 2.75) is 0 Å². The Labute approximate surface area is 77.2 Å². The second-order valence-electron chi connectivity index (χ2n) is 2.21. The Balaban J connectivity index is 0.00000121. The summed E-state index contributed by atoms with van der Waals surface area (Å²) in [6.45, 7) is 0.00815. The van der Waals surface area contributed by atoms with Gasteiger partial charge < -0.3 is 11.5 Å². The molecule has 0 aromatic heterocycles. The van der Waals surface area contributed by atoms with E-state index >= 15 is 0 Å². The van der Waals surface area contributed by atoms with E-state index in [0.717, 1.165) is 0 Å². The molecule has 0 unspecified atom stereocenters. The Morgan fingerprint density at radius 2 is 1.92 bits per heavy atom. The van der Waals surface area contributed by atoms with E-state index in [1.807, 2.05) is 0 Å². The van der Waals surface area contributed by atoms with Crippen molar-refractivity contribution in [3.05, 3.63) is 29.8 Å². The van der Waals surface area contributed by atoms with E-state index in [2.05, 4.69) is 0 Å². The molecule has 1 aromatic rings. The molecule has 0 heterocycles. The largest absolute Gasteiger partial charge is 0.398 e. The fourth-order valence-corrected chi connectivity index (χ4v) is 0.861. The van der Waals surface area contributed by atoms with E-state index in [4.69, 9.17) is 11.5 Å². The van der Waals surface area contributed by atoms with Crippen LogP contribution in [0.5, 0.6) is 0 Å². The van der Waals surface area contributed by atoms with Crippen molar-refractivity contribution < 1.29 is 4.79 Å². The van der Waals surface area contributed by atoms with E-state index in [1.165, 1.54) is 0 Å². The van der Waals surface area contributed by atoms with Crippen molar-refractivity contribution >= 4 is 23.9 Å². The first kappa shape index (κ1) is 10.9. The number of carbonyl (C=O) groups is 1. The minimum Gasteiger partial charge on any atom is -0.398 e. The number of hydrogen-bond donors (Lipinski definition) is 2. The molecule has 0 aliphatic rings. The third kappa shape index (κ3) is 2.22. The Morgan fingerprint density at radius 3 is 2.42 bits per heavy atom. The quantitative estimate of drug-likeness (QED) is 0.531. The van der Waals surface area contributed by atoms with Gasteiger partial charge in [-0.2, -0.15) is 0 Å². The van der Waals surface area contributed by atoms with E-state index < -0.39 is 0 Å². The smallest absolute Gasteiger partial charge is 0.178 e. The van der Waals surface area contributed by atoms with Crippen LogP contribution in [0.15, 0.2) is 24.3 Å². The maximum atomic E-state index is 11.0. The van der Waals surface area contributed by atoms with Gasteiger partial charge in [-0.05, 0) is 12.1 Å². The average molecular weight is 187 g/mol. The number of ketones is 1. The maximum absolute atomic E-state index is 11.0. The molecule has 0 aliphatic carbocycles. The summed E-state index contributed by atoms with van der Waals surface area (Å²) >= 11 is 0. The molecule has 4 heteroatoms. The molecule has 0 saturated heterocycles. The molecule has 0 amide bonds. The van der Waals surface area contributed by atoms with Gasteiger partial charge >= 0.3 is 0 Å². The first-order chi connectivity index (χ1) is 5.25. The molecular formula is C8H11ClN2O. The van der Waals surface area contributed by atoms with Crippen LogP contribution in [0, 0.1) is 0 Å². The van der Waals surface area contributed by atoms with Crippen molar-refractivity contribution in [3.8, 4) is 0 Å². The molecule has 1 rings (SSSR count). The number of nitrogens with two attached hydrogens (primary N) is 2. The molecule has 4 N–H and O–H groups in total. The highest BCUT2D eigenvalue weighted by Crippen LogP contribution is 2.09. The van der Waals surface area contributed by atoms with Gasteiger partial charge in [0.25, 0.3) is 0 Å². The summed E-state index contributed by atoms with van der Waals surface area (Å²) in [5.41, 5.74) is 11.7. The van der Waals surface area contributed by atoms with Crippen LogP contribution in [0.3, 0.4) is 0 Å². The topological polar surface area (TPSA) is 69.1 Å². The Bertz CT molecular complexity index is 276. The van der Waals surface area contributed by atoms with Gasteiger partial charge in [0, 0.05) is 11.3 Å². The van der Waals surface area contributed by atoms with Crippen molar-refractivity contribution in [2.24, 2.45) is 5.73 Å². The predicted octanol–water partition coefficient (Wildman–Crippen LogP) is 0.832. The van der Waals surface area contributed by atoms with Gasteiger partial charge in [0.15, 0.2) is 5.78 Å². The van der Waals surface area contributed by atoms with Crippen molar-refractivity contribution in [2.75, 3.05) is 12.3 Å². The molecule has 0 radical (unpaired) electrons. The summed E-state index contributed by atoms with van der Waals surface area (Å²) in [6.07, 6.45) is 0. The van der Waals surface area contributed by atoms with Gasteiger partial charge in [-0.1, -0.05) is 12.1 Å². The second-order valence-corrected chi connectivity index (χ2v) is 2.21. The summed E-state index contributed by atoms with van der Waals surface area (Å²) in [4.78, 5) is 11.0. The standard InChI is InChI=1S/C8H10N2O.ClH/c9-5-8(11)6-3-1-2-4-7(6)10;/h1-4H,5,9-10H2;1H. The molecule has 3 nitrogen and oxygen atoms in total. The number of para-hydroxylation sites is 1. The van der Waals surface area contributed by atoms with Gasteiger partial charge in [0.1, 0.15) is 0 Å². The fourth-order valence-electron chi connectivity index (χ4n) is 0.861. The molecule has 66 valence electrons. The fraction of sp³-hybridized carbons (Fsp3) is 0.125. The number of Topliss-reactive ketones (excluding diaryl/α,β-unsaturated/α-hetero) is 1. The maximum Gasteiger partial charge on any atom is 0.178 e. The lowest BCUT2D eigenvalue weighted by atomic mass is 10.1. The highest BCUT2D eigenvalue weighted by molar-refractivity contribution is 6.01. The third-order valence-electron chi connectivity index (χ3n) is 1.45. The normalized spacial score (nSPS) is 8.75. The highest BCUT2D eigenvalue weighted by Gasteiger charge is 2.04. The number of benzene rings is 1. The Hall–Kier alpha value is -1.06. The minimum atomic E-state index is -0.122. The Morgan fingerprint density at radius 1 is 1.33 bits per heavy atom. The second kappa shape index (κ2) is 4.74. The van der Waals surface area contributed by atoms with Gasteiger partial charge in [0.2, 0.25) is 0 Å². The predicted molar refractivity (Wildman–Crippen MR) is 51.5 cm³/mol. The van der Waals surface area contributed by atoms with Gasteiger partial charge in [-0.15, -0.1) is 12.4 Å². The van der Waals surface area contributed by atoms with Crippen LogP contribution in [0.1, 0.15) is 10.4 Å². The molecule has 0 bridgehead atoms. The highest BCUT2D eigenvalue weighted by atomic mass is 35.5. The van der Waals surface area contributed by atoms with Crippen LogP contribution < -0.4 is 11.5 Å². The number of halogens is 1. The number of hydrogen-bond acceptors (Lipinski definition) is 3. The first-order valence-corrected chi connectivity index (χ1v) is 3.33. The van der Waals surface area contributed by atoms with Crippen LogP contribution in [0.25, 0.3) is 0 Å². The van der Waals surface area contributed by atoms with Crippen LogP contribution in [-0.4, -0.2) is 12.3 Å². The van der Waals surface area contributed by atoms with Gasteiger partial charge in [-0.3, -0.25) is 4.79 Å². The minimum absolute atomic E-state index is 0. The van der Waals surface area contributed by atoms with Crippen molar-refractivity contribution in [1.82, 2.24) is 0 Å². The lowest BCUT2D eigenvalue weighted by molar-refractivity contribution is 0.100. The summed E-state index contributed by atoms with van der Waals surface area (Å²) < 4.78 is 0.